The second kappa shape index (κ2) is 3.84. The molecular weight excluding hydrogens is 212 g/mol. The number of hydrogen-bond acceptors (Lipinski definition) is 2. The number of allylic oxidation sites excluding steroid dienone is 1. The summed E-state index contributed by atoms with van der Waals surface area (Å²) in [5.41, 5.74) is 2.81. The summed E-state index contributed by atoms with van der Waals surface area (Å²) in [6.07, 6.45) is 4.92. The van der Waals surface area contributed by atoms with Crippen LogP contribution < -0.4 is 0 Å². The third kappa shape index (κ3) is 1.58. The van der Waals surface area contributed by atoms with Gasteiger partial charge >= 0.3 is 0 Å². The molecule has 2 aliphatic rings. The molecule has 17 heavy (non-hydrogen) atoms. The van der Waals surface area contributed by atoms with Gasteiger partial charge in [-0.15, -0.1) is 0 Å². The molecule has 0 saturated carbocycles. The molecular formula is C14H14N2O. The monoisotopic (exact) mass is 226 g/mol. The summed E-state index contributed by atoms with van der Waals surface area (Å²) in [4.78, 5) is 18.7. The highest BCUT2D eigenvalue weighted by atomic mass is 16.2. The first-order valence-electron chi connectivity index (χ1n) is 5.88. The molecule has 1 fully saturated rings. The van der Waals surface area contributed by atoms with Gasteiger partial charge in [-0.1, -0.05) is 23.8 Å². The van der Waals surface area contributed by atoms with Gasteiger partial charge in [0.1, 0.15) is 0 Å². The number of fused-ring (bicyclic) bond motifs is 2. The molecule has 86 valence electrons. The summed E-state index contributed by atoms with van der Waals surface area (Å²) < 4.78 is 0. The Morgan fingerprint density at radius 2 is 2.24 bits per heavy atom. The number of para-hydroxylation sites is 1. The molecule has 1 aromatic rings. The van der Waals surface area contributed by atoms with Gasteiger partial charge in [-0.2, -0.15) is 0 Å². The van der Waals surface area contributed by atoms with E-state index in [1.54, 1.807) is 0 Å². The van der Waals surface area contributed by atoms with E-state index in [1.165, 1.54) is 5.57 Å². The van der Waals surface area contributed by atoms with Crippen LogP contribution in [0.25, 0.3) is 0 Å². The lowest BCUT2D eigenvalue weighted by molar-refractivity contribution is 0.0778. The van der Waals surface area contributed by atoms with Gasteiger partial charge < -0.3 is 4.90 Å². The zero-order chi connectivity index (χ0) is 11.8. The van der Waals surface area contributed by atoms with Crippen LogP contribution in [0.4, 0.5) is 5.69 Å². The summed E-state index contributed by atoms with van der Waals surface area (Å²) in [7, 11) is 0. The van der Waals surface area contributed by atoms with Crippen molar-refractivity contribution in [1.29, 1.82) is 0 Å². The summed E-state index contributed by atoms with van der Waals surface area (Å²) in [6, 6.07) is 7.67. The minimum absolute atomic E-state index is 0.0972. The topological polar surface area (TPSA) is 32.7 Å². The normalized spacial score (nSPS) is 24.8. The van der Waals surface area contributed by atoms with E-state index in [1.807, 2.05) is 42.3 Å². The van der Waals surface area contributed by atoms with Crippen LogP contribution in [0, 0.1) is 0 Å². The molecule has 1 saturated heterocycles. The van der Waals surface area contributed by atoms with Gasteiger partial charge in [-0.3, -0.25) is 9.79 Å². The van der Waals surface area contributed by atoms with E-state index in [0.29, 0.717) is 5.56 Å². The third-order valence-electron chi connectivity index (χ3n) is 3.43. The van der Waals surface area contributed by atoms with Crippen LogP contribution in [0.1, 0.15) is 23.7 Å². The van der Waals surface area contributed by atoms with Crippen LogP contribution in [0.2, 0.25) is 0 Å². The minimum Gasteiger partial charge on any atom is -0.326 e. The predicted octanol–water partition coefficient (Wildman–Crippen LogP) is 2.56. The number of benzene rings is 1. The lowest BCUT2D eigenvalue weighted by Crippen LogP contribution is -2.35. The molecule has 3 rings (SSSR count). The van der Waals surface area contributed by atoms with Gasteiger partial charge in [0.2, 0.25) is 0 Å². The predicted molar refractivity (Wildman–Crippen MR) is 67.8 cm³/mol. The molecule has 3 nitrogen and oxygen atoms in total. The Kier molecular flexibility index (Phi) is 2.32. The van der Waals surface area contributed by atoms with Gasteiger partial charge in [0.05, 0.1) is 17.3 Å². The molecule has 0 aromatic heterocycles. The van der Waals surface area contributed by atoms with Crippen molar-refractivity contribution < 1.29 is 4.79 Å². The molecule has 1 amide bonds. The van der Waals surface area contributed by atoms with Crippen LogP contribution >= 0.6 is 0 Å². The van der Waals surface area contributed by atoms with Crippen LogP contribution in [-0.4, -0.2) is 29.6 Å². The molecule has 2 heterocycles. The van der Waals surface area contributed by atoms with E-state index in [0.717, 1.165) is 18.7 Å². The SMILES string of the molecule is CC=C1CC2C=Nc3ccccc3C(=O)N2C1. The average Bonchev–Trinajstić information content (AvgIpc) is 2.74. The van der Waals surface area contributed by atoms with Crippen LogP contribution in [0.5, 0.6) is 0 Å². The number of hydrogen-bond donors (Lipinski definition) is 0. The molecule has 0 bridgehead atoms. The maximum atomic E-state index is 12.4. The lowest BCUT2D eigenvalue weighted by Gasteiger charge is -2.19. The Labute approximate surface area is 100 Å². The number of carbonyl (C=O) groups excluding carboxylic acids is 1. The summed E-state index contributed by atoms with van der Waals surface area (Å²) >= 11 is 0. The van der Waals surface area contributed by atoms with E-state index in [-0.39, 0.29) is 11.9 Å². The quantitative estimate of drug-likeness (QED) is 0.626. The van der Waals surface area contributed by atoms with Crippen molar-refractivity contribution in [2.24, 2.45) is 4.99 Å². The third-order valence-corrected chi connectivity index (χ3v) is 3.43. The molecule has 1 unspecified atom stereocenters. The Morgan fingerprint density at radius 3 is 3.06 bits per heavy atom. The van der Waals surface area contributed by atoms with Crippen LogP contribution in [-0.2, 0) is 0 Å². The van der Waals surface area contributed by atoms with Gasteiger partial charge in [-0.05, 0) is 25.5 Å². The fourth-order valence-corrected chi connectivity index (χ4v) is 2.43. The van der Waals surface area contributed by atoms with E-state index in [2.05, 4.69) is 11.1 Å². The molecule has 3 heteroatoms. The Hall–Kier alpha value is -1.90. The largest absolute Gasteiger partial charge is 0.326 e. The van der Waals surface area contributed by atoms with E-state index in [9.17, 15) is 4.79 Å². The zero-order valence-corrected chi connectivity index (χ0v) is 9.76. The van der Waals surface area contributed by atoms with Crippen molar-refractivity contribution in [3.05, 3.63) is 41.5 Å². The number of amides is 1. The first-order chi connectivity index (χ1) is 8.29. The fraction of sp³-hybridized carbons (Fsp3) is 0.286. The second-order valence-electron chi connectivity index (χ2n) is 4.45. The summed E-state index contributed by atoms with van der Waals surface area (Å²) in [5.74, 6) is 0.0972. The highest BCUT2D eigenvalue weighted by Crippen LogP contribution is 2.30. The van der Waals surface area contributed by atoms with Crippen molar-refractivity contribution in [2.45, 2.75) is 19.4 Å². The van der Waals surface area contributed by atoms with Crippen molar-refractivity contribution in [2.75, 3.05) is 6.54 Å². The number of aliphatic imine (C=N–C) groups is 1. The number of carbonyl (C=O) groups is 1. The molecule has 1 aromatic carbocycles. The van der Waals surface area contributed by atoms with E-state index >= 15 is 0 Å². The lowest BCUT2D eigenvalue weighted by atomic mass is 10.1. The van der Waals surface area contributed by atoms with Gasteiger partial charge in [-0.25, -0.2) is 0 Å². The Balaban J connectivity index is 2.05. The van der Waals surface area contributed by atoms with Gasteiger partial charge in [0.15, 0.2) is 0 Å². The van der Waals surface area contributed by atoms with Crippen molar-refractivity contribution >= 4 is 17.8 Å². The van der Waals surface area contributed by atoms with Crippen molar-refractivity contribution in [3.8, 4) is 0 Å². The van der Waals surface area contributed by atoms with Gasteiger partial charge in [0, 0.05) is 12.8 Å². The second-order valence-corrected chi connectivity index (χ2v) is 4.45. The Bertz CT molecular complexity index is 531. The van der Waals surface area contributed by atoms with E-state index < -0.39 is 0 Å². The maximum Gasteiger partial charge on any atom is 0.256 e. The first kappa shape index (κ1) is 10.3. The molecule has 2 aliphatic heterocycles. The van der Waals surface area contributed by atoms with Crippen LogP contribution in [0.3, 0.4) is 0 Å². The molecule has 0 spiro atoms. The summed E-state index contributed by atoms with van der Waals surface area (Å²) in [5, 5.41) is 0. The maximum absolute atomic E-state index is 12.4. The standard InChI is InChI=1S/C14H14N2O/c1-2-10-7-11-8-15-13-6-4-3-5-12(13)14(17)16(11)9-10/h2-6,8,11H,7,9H2,1H3. The Morgan fingerprint density at radius 1 is 1.41 bits per heavy atom. The fourth-order valence-electron chi connectivity index (χ4n) is 2.43. The zero-order valence-electron chi connectivity index (χ0n) is 9.76. The number of rotatable bonds is 0. The molecule has 0 N–H and O–H groups in total. The van der Waals surface area contributed by atoms with Crippen LogP contribution in [0.15, 0.2) is 40.9 Å². The molecule has 1 atom stereocenters. The summed E-state index contributed by atoms with van der Waals surface area (Å²) in [6.45, 7) is 2.76. The highest BCUT2D eigenvalue weighted by molar-refractivity contribution is 6.03. The van der Waals surface area contributed by atoms with Crippen molar-refractivity contribution in [3.63, 3.8) is 0 Å². The van der Waals surface area contributed by atoms with Gasteiger partial charge in [0.25, 0.3) is 5.91 Å². The highest BCUT2D eigenvalue weighted by Gasteiger charge is 2.33. The van der Waals surface area contributed by atoms with Crippen molar-refractivity contribution in [1.82, 2.24) is 4.90 Å². The molecule has 0 radical (unpaired) electrons. The van der Waals surface area contributed by atoms with E-state index in [4.69, 9.17) is 0 Å². The first-order valence-corrected chi connectivity index (χ1v) is 5.88. The minimum atomic E-state index is 0.0972. The molecule has 0 aliphatic carbocycles. The number of nitrogens with zero attached hydrogens (tertiary/aromatic N) is 2. The average molecular weight is 226 g/mol. The smallest absolute Gasteiger partial charge is 0.256 e.